The highest BCUT2D eigenvalue weighted by Crippen LogP contribution is 2.30. The van der Waals surface area contributed by atoms with Crippen LogP contribution in [0.2, 0.25) is 0 Å². The van der Waals surface area contributed by atoms with E-state index in [1.165, 1.54) is 25.6 Å². The molecule has 20 heavy (non-hydrogen) atoms. The van der Waals surface area contributed by atoms with E-state index in [-0.39, 0.29) is 5.91 Å². The lowest BCUT2D eigenvalue weighted by atomic mass is 10.1. The van der Waals surface area contributed by atoms with Gasteiger partial charge in [0.1, 0.15) is 5.01 Å². The van der Waals surface area contributed by atoms with Crippen molar-refractivity contribution in [2.75, 3.05) is 14.2 Å². The smallest absolute Gasteiger partial charge is 0.255 e. The number of benzene rings is 1. The molecule has 1 aromatic heterocycles. The van der Waals surface area contributed by atoms with E-state index in [2.05, 4.69) is 10.3 Å². The summed E-state index contributed by atoms with van der Waals surface area (Å²) >= 11 is 1.52. The molecule has 0 atom stereocenters. The number of ether oxygens (including phenoxy) is 2. The molecule has 106 valence electrons. The molecule has 6 heteroatoms. The zero-order valence-corrected chi connectivity index (χ0v) is 12.4. The molecule has 0 spiro atoms. The topological polar surface area (TPSA) is 60.5 Å². The van der Waals surface area contributed by atoms with Gasteiger partial charge in [-0.15, -0.1) is 11.3 Å². The molecule has 2 rings (SSSR count). The molecule has 0 bridgehead atoms. The molecule has 1 amide bonds. The van der Waals surface area contributed by atoms with Gasteiger partial charge >= 0.3 is 0 Å². The summed E-state index contributed by atoms with van der Waals surface area (Å²) < 4.78 is 10.4. The fraction of sp³-hybridized carbons (Fsp3) is 0.286. The van der Waals surface area contributed by atoms with Crippen molar-refractivity contribution in [3.63, 3.8) is 0 Å². The van der Waals surface area contributed by atoms with Crippen molar-refractivity contribution in [2.24, 2.45) is 0 Å². The van der Waals surface area contributed by atoms with Gasteiger partial charge < -0.3 is 14.8 Å². The Morgan fingerprint density at radius 2 is 2.15 bits per heavy atom. The molecule has 0 fully saturated rings. The van der Waals surface area contributed by atoms with Crippen LogP contribution in [0.15, 0.2) is 23.6 Å². The Balaban J connectivity index is 2.12. The summed E-state index contributed by atoms with van der Waals surface area (Å²) in [4.78, 5) is 16.5. The largest absolute Gasteiger partial charge is 0.493 e. The molecule has 1 heterocycles. The maximum atomic E-state index is 12.2. The monoisotopic (exact) mass is 292 g/mol. The van der Waals surface area contributed by atoms with Crippen molar-refractivity contribution in [3.05, 3.63) is 39.8 Å². The minimum absolute atomic E-state index is 0.214. The van der Waals surface area contributed by atoms with Crippen molar-refractivity contribution >= 4 is 17.2 Å². The van der Waals surface area contributed by atoms with Gasteiger partial charge in [0.25, 0.3) is 5.91 Å². The number of amides is 1. The summed E-state index contributed by atoms with van der Waals surface area (Å²) in [6.45, 7) is 2.32. The molecule has 0 aliphatic heterocycles. The third kappa shape index (κ3) is 3.08. The molecule has 0 saturated carbocycles. The van der Waals surface area contributed by atoms with Gasteiger partial charge in [-0.05, 0) is 19.1 Å². The first-order chi connectivity index (χ1) is 9.65. The first-order valence-electron chi connectivity index (χ1n) is 6.06. The van der Waals surface area contributed by atoms with E-state index >= 15 is 0 Å². The zero-order valence-electron chi connectivity index (χ0n) is 11.6. The maximum absolute atomic E-state index is 12.2. The van der Waals surface area contributed by atoms with E-state index in [9.17, 15) is 4.79 Å². The molecule has 5 nitrogen and oxygen atoms in total. The predicted molar refractivity (Wildman–Crippen MR) is 77.6 cm³/mol. The van der Waals surface area contributed by atoms with Crippen LogP contribution < -0.4 is 14.8 Å². The number of methoxy groups -OCH3 is 2. The maximum Gasteiger partial charge on any atom is 0.255 e. The van der Waals surface area contributed by atoms with Crippen LogP contribution in [0, 0.1) is 6.92 Å². The lowest BCUT2D eigenvalue weighted by Crippen LogP contribution is -2.23. The summed E-state index contributed by atoms with van der Waals surface area (Å²) in [5, 5.41) is 5.65. The second kappa shape index (κ2) is 6.38. The van der Waals surface area contributed by atoms with Crippen LogP contribution in [0.1, 0.15) is 21.1 Å². The number of rotatable bonds is 5. The van der Waals surface area contributed by atoms with Gasteiger partial charge in [0.15, 0.2) is 11.5 Å². The summed E-state index contributed by atoms with van der Waals surface area (Å²) in [5.74, 6) is 0.752. The third-order valence-corrected chi connectivity index (χ3v) is 3.68. The van der Waals surface area contributed by atoms with Gasteiger partial charge in [0.2, 0.25) is 0 Å². The van der Waals surface area contributed by atoms with Crippen LogP contribution in [-0.4, -0.2) is 25.1 Å². The Morgan fingerprint density at radius 1 is 1.35 bits per heavy atom. The van der Waals surface area contributed by atoms with Crippen molar-refractivity contribution in [3.8, 4) is 11.5 Å². The van der Waals surface area contributed by atoms with E-state index < -0.39 is 0 Å². The van der Waals surface area contributed by atoms with Crippen LogP contribution in [0.25, 0.3) is 0 Å². The normalized spacial score (nSPS) is 10.2. The molecule has 0 saturated heterocycles. The van der Waals surface area contributed by atoms with Crippen LogP contribution in [0.5, 0.6) is 11.5 Å². The van der Waals surface area contributed by atoms with Crippen LogP contribution in [-0.2, 0) is 6.54 Å². The summed E-state index contributed by atoms with van der Waals surface area (Å²) in [5.41, 5.74) is 1.40. The van der Waals surface area contributed by atoms with Gasteiger partial charge in [0, 0.05) is 11.1 Å². The number of hydrogen-bond acceptors (Lipinski definition) is 5. The number of nitrogens with zero attached hydrogens (tertiary/aromatic N) is 1. The third-order valence-electron chi connectivity index (χ3n) is 2.71. The molecule has 0 unspecified atom stereocenters. The van der Waals surface area contributed by atoms with Crippen LogP contribution in [0.3, 0.4) is 0 Å². The molecule has 2 aromatic rings. The Bertz CT molecular complexity index is 610. The first kappa shape index (κ1) is 14.3. The molecule has 0 radical (unpaired) electrons. The average Bonchev–Trinajstić information content (AvgIpc) is 2.89. The lowest BCUT2D eigenvalue weighted by molar-refractivity contribution is 0.0947. The molecule has 0 aliphatic carbocycles. The van der Waals surface area contributed by atoms with Crippen molar-refractivity contribution in [1.82, 2.24) is 10.3 Å². The number of carbonyl (C=O) groups excluding carboxylic acids is 1. The summed E-state index contributed by atoms with van der Waals surface area (Å²) in [6, 6.07) is 5.20. The highest BCUT2D eigenvalue weighted by atomic mass is 32.1. The highest BCUT2D eigenvalue weighted by Gasteiger charge is 2.16. The first-order valence-corrected chi connectivity index (χ1v) is 6.94. The number of aromatic nitrogens is 1. The fourth-order valence-corrected chi connectivity index (χ4v) is 2.51. The molecule has 1 aromatic carbocycles. The van der Waals surface area contributed by atoms with E-state index in [1.807, 2.05) is 12.3 Å². The second-order valence-corrected chi connectivity index (χ2v) is 5.05. The SMILES string of the molecule is COc1cccc(C(=O)NCc2nc(C)cs2)c1OC. The number of carbonyl (C=O) groups is 1. The van der Waals surface area contributed by atoms with Crippen molar-refractivity contribution < 1.29 is 14.3 Å². The average molecular weight is 292 g/mol. The minimum Gasteiger partial charge on any atom is -0.493 e. The van der Waals surface area contributed by atoms with Crippen LogP contribution >= 0.6 is 11.3 Å². The minimum atomic E-state index is -0.214. The standard InChI is InChI=1S/C14H16N2O3S/c1-9-8-20-12(16-9)7-15-14(17)10-5-4-6-11(18-2)13(10)19-3/h4-6,8H,7H2,1-3H3,(H,15,17). The summed E-state index contributed by atoms with van der Waals surface area (Å²) in [7, 11) is 3.05. The van der Waals surface area contributed by atoms with Gasteiger partial charge in [-0.2, -0.15) is 0 Å². The van der Waals surface area contributed by atoms with Gasteiger partial charge in [0.05, 0.1) is 26.3 Å². The van der Waals surface area contributed by atoms with Gasteiger partial charge in [-0.1, -0.05) is 6.07 Å². The highest BCUT2D eigenvalue weighted by molar-refractivity contribution is 7.09. The molecular formula is C14H16N2O3S. The van der Waals surface area contributed by atoms with Crippen molar-refractivity contribution in [1.29, 1.82) is 0 Å². The molecule has 1 N–H and O–H groups in total. The Hall–Kier alpha value is -2.08. The van der Waals surface area contributed by atoms with E-state index in [0.29, 0.717) is 23.6 Å². The van der Waals surface area contributed by atoms with E-state index in [1.54, 1.807) is 18.2 Å². The molecule has 0 aliphatic rings. The van der Waals surface area contributed by atoms with Crippen molar-refractivity contribution in [2.45, 2.75) is 13.5 Å². The second-order valence-electron chi connectivity index (χ2n) is 4.11. The van der Waals surface area contributed by atoms with E-state index in [4.69, 9.17) is 9.47 Å². The van der Waals surface area contributed by atoms with Gasteiger partial charge in [-0.25, -0.2) is 4.98 Å². The van der Waals surface area contributed by atoms with Crippen LogP contribution in [0.4, 0.5) is 0 Å². The summed E-state index contributed by atoms with van der Waals surface area (Å²) in [6.07, 6.45) is 0. The molecular weight excluding hydrogens is 276 g/mol. The Labute approximate surface area is 121 Å². The number of thiazole rings is 1. The predicted octanol–water partition coefficient (Wildman–Crippen LogP) is 2.40. The number of hydrogen-bond donors (Lipinski definition) is 1. The Morgan fingerprint density at radius 3 is 2.75 bits per heavy atom. The van der Waals surface area contributed by atoms with Gasteiger partial charge in [-0.3, -0.25) is 4.79 Å². The Kier molecular flexibility index (Phi) is 4.57. The number of para-hydroxylation sites is 1. The number of aryl methyl sites for hydroxylation is 1. The zero-order chi connectivity index (χ0) is 14.5. The lowest BCUT2D eigenvalue weighted by Gasteiger charge is -2.12. The fourth-order valence-electron chi connectivity index (χ4n) is 1.80. The number of nitrogens with one attached hydrogen (secondary N) is 1. The quantitative estimate of drug-likeness (QED) is 0.919. The van der Waals surface area contributed by atoms with E-state index in [0.717, 1.165) is 10.7 Å².